The molecule has 1 unspecified atom stereocenters. The number of amides is 2. The van der Waals surface area contributed by atoms with Gasteiger partial charge in [0.25, 0.3) is 5.91 Å². The number of unbranched alkanes of at least 4 members (excludes halogenated alkanes) is 1. The van der Waals surface area contributed by atoms with Gasteiger partial charge in [-0.3, -0.25) is 9.59 Å². The van der Waals surface area contributed by atoms with E-state index >= 15 is 0 Å². The van der Waals surface area contributed by atoms with E-state index in [1.807, 2.05) is 48.5 Å². The molecule has 4 rings (SSSR count). The first kappa shape index (κ1) is 27.8. The molecule has 0 aromatic heterocycles. The normalized spacial score (nSPS) is 15.3. The molecular weight excluding hydrogens is 547 g/mol. The van der Waals surface area contributed by atoms with E-state index < -0.39 is 22.1 Å². The van der Waals surface area contributed by atoms with E-state index in [9.17, 15) is 18.0 Å². The molecule has 1 aliphatic heterocycles. The van der Waals surface area contributed by atoms with E-state index in [0.717, 1.165) is 15.4 Å². The van der Waals surface area contributed by atoms with Crippen molar-refractivity contribution in [3.63, 3.8) is 0 Å². The summed E-state index contributed by atoms with van der Waals surface area (Å²) in [7, 11) is -2.46. The topological polar surface area (TPSA) is 108 Å². The number of aliphatic imine (C=N–C) groups is 1. The van der Waals surface area contributed by atoms with Gasteiger partial charge in [0, 0.05) is 31.1 Å². The van der Waals surface area contributed by atoms with Crippen LogP contribution in [-0.4, -0.2) is 50.0 Å². The zero-order valence-corrected chi connectivity index (χ0v) is 22.9. The fourth-order valence-electron chi connectivity index (χ4n) is 4.03. The van der Waals surface area contributed by atoms with E-state index in [0.29, 0.717) is 24.2 Å². The lowest BCUT2D eigenvalue weighted by molar-refractivity contribution is -0.126. The van der Waals surface area contributed by atoms with Crippen molar-refractivity contribution in [3.8, 4) is 0 Å². The van der Waals surface area contributed by atoms with Crippen LogP contribution in [-0.2, 0) is 19.6 Å². The summed E-state index contributed by atoms with van der Waals surface area (Å²) < 4.78 is 26.9. The van der Waals surface area contributed by atoms with Gasteiger partial charge >= 0.3 is 0 Å². The standard InChI is InChI=1S/C27H26Cl2N4O4S/c1-33(38(36,37)25-20(28)13-9-14-21(25)29)17-8-7-16-23(34)31-26-27(35)30-22-15-6-5-12-19(22)24(32-26)18-10-3-2-4-11-18/h2-6,9-15,26H,7-8,16-17H2,1H3,(H,30,35)(H,31,34). The van der Waals surface area contributed by atoms with Gasteiger partial charge in [0.05, 0.1) is 21.4 Å². The Morgan fingerprint density at radius 3 is 2.34 bits per heavy atom. The molecule has 38 heavy (non-hydrogen) atoms. The van der Waals surface area contributed by atoms with Crippen LogP contribution in [0, 0.1) is 0 Å². The Balaban J connectivity index is 1.38. The van der Waals surface area contributed by atoms with E-state index in [-0.39, 0.29) is 33.8 Å². The van der Waals surface area contributed by atoms with Gasteiger partial charge in [-0.25, -0.2) is 17.7 Å². The fraction of sp³-hybridized carbons (Fsp3) is 0.222. The molecule has 0 saturated carbocycles. The highest BCUT2D eigenvalue weighted by Crippen LogP contribution is 2.31. The Hall–Kier alpha value is -3.24. The molecule has 0 aliphatic carbocycles. The van der Waals surface area contributed by atoms with Gasteiger partial charge in [0.15, 0.2) is 0 Å². The summed E-state index contributed by atoms with van der Waals surface area (Å²) in [5.41, 5.74) is 2.78. The molecule has 3 aromatic rings. The summed E-state index contributed by atoms with van der Waals surface area (Å²) in [6, 6.07) is 21.3. The molecule has 0 radical (unpaired) electrons. The Labute approximate surface area is 231 Å². The summed E-state index contributed by atoms with van der Waals surface area (Å²) in [6.07, 6.45) is -0.221. The average molecular weight is 574 g/mol. The van der Waals surface area contributed by atoms with Crippen LogP contribution in [0.3, 0.4) is 0 Å². The van der Waals surface area contributed by atoms with Crippen LogP contribution in [0.25, 0.3) is 0 Å². The smallest absolute Gasteiger partial charge is 0.269 e. The molecule has 198 valence electrons. The van der Waals surface area contributed by atoms with Gasteiger partial charge in [-0.2, -0.15) is 0 Å². The Morgan fingerprint density at radius 1 is 0.974 bits per heavy atom. The number of hydrogen-bond donors (Lipinski definition) is 2. The first-order chi connectivity index (χ1) is 18.2. The Kier molecular flexibility index (Phi) is 8.83. The maximum atomic E-state index is 12.9. The van der Waals surface area contributed by atoms with Gasteiger partial charge in [0.2, 0.25) is 22.1 Å². The van der Waals surface area contributed by atoms with Crippen molar-refractivity contribution in [2.45, 2.75) is 30.3 Å². The second-order valence-electron chi connectivity index (χ2n) is 8.68. The first-order valence-corrected chi connectivity index (χ1v) is 14.1. The van der Waals surface area contributed by atoms with Crippen LogP contribution in [0.5, 0.6) is 0 Å². The lowest BCUT2D eigenvalue weighted by atomic mass is 10.0. The number of hydrogen-bond acceptors (Lipinski definition) is 5. The molecule has 11 heteroatoms. The van der Waals surface area contributed by atoms with Crippen LogP contribution in [0.2, 0.25) is 10.0 Å². The number of benzene rings is 3. The summed E-state index contributed by atoms with van der Waals surface area (Å²) in [4.78, 5) is 30.1. The third-order valence-electron chi connectivity index (χ3n) is 6.01. The quantitative estimate of drug-likeness (QED) is 0.362. The number of carbonyl (C=O) groups excluding carboxylic acids is 2. The predicted octanol–water partition coefficient (Wildman–Crippen LogP) is 4.72. The minimum Gasteiger partial charge on any atom is -0.327 e. The largest absolute Gasteiger partial charge is 0.327 e. The Bertz CT molecular complexity index is 1460. The van der Waals surface area contributed by atoms with Crippen molar-refractivity contribution < 1.29 is 18.0 Å². The molecule has 3 aromatic carbocycles. The number of anilines is 1. The van der Waals surface area contributed by atoms with Gasteiger partial charge in [0.1, 0.15) is 4.90 Å². The van der Waals surface area contributed by atoms with Crippen LogP contribution < -0.4 is 10.6 Å². The van der Waals surface area contributed by atoms with E-state index in [1.165, 1.54) is 19.2 Å². The maximum Gasteiger partial charge on any atom is 0.269 e. The molecular formula is C27H26Cl2N4O4S. The average Bonchev–Trinajstić information content (AvgIpc) is 3.03. The monoisotopic (exact) mass is 572 g/mol. The van der Waals surface area contributed by atoms with Crippen LogP contribution in [0.15, 0.2) is 82.7 Å². The summed E-state index contributed by atoms with van der Waals surface area (Å²) in [5, 5.41) is 5.62. The van der Waals surface area contributed by atoms with Gasteiger partial charge in [-0.05, 0) is 31.0 Å². The number of halogens is 2. The third-order valence-corrected chi connectivity index (χ3v) is 8.82. The summed E-state index contributed by atoms with van der Waals surface area (Å²) >= 11 is 12.1. The van der Waals surface area contributed by atoms with Crippen molar-refractivity contribution in [1.82, 2.24) is 9.62 Å². The molecule has 8 nitrogen and oxygen atoms in total. The number of sulfonamides is 1. The third kappa shape index (κ3) is 6.24. The highest BCUT2D eigenvalue weighted by molar-refractivity contribution is 7.89. The molecule has 0 saturated heterocycles. The molecule has 2 N–H and O–H groups in total. The maximum absolute atomic E-state index is 12.9. The molecule has 0 fully saturated rings. The number of nitrogens with one attached hydrogen (secondary N) is 2. The molecule has 0 bridgehead atoms. The van der Waals surface area contributed by atoms with Crippen molar-refractivity contribution in [2.24, 2.45) is 4.99 Å². The SMILES string of the molecule is CN(CCCCC(=O)NC1N=C(c2ccccc2)c2ccccc2NC1=O)S(=O)(=O)c1c(Cl)cccc1Cl. The first-order valence-electron chi connectivity index (χ1n) is 11.9. The second-order valence-corrected chi connectivity index (χ2v) is 11.5. The highest BCUT2D eigenvalue weighted by atomic mass is 35.5. The lowest BCUT2D eigenvalue weighted by Crippen LogP contribution is -2.42. The minimum absolute atomic E-state index is 0.0444. The molecule has 1 aliphatic rings. The molecule has 2 amide bonds. The van der Waals surface area contributed by atoms with Crippen LogP contribution in [0.4, 0.5) is 5.69 Å². The van der Waals surface area contributed by atoms with Crippen LogP contribution in [0.1, 0.15) is 30.4 Å². The number of nitrogens with zero attached hydrogens (tertiary/aromatic N) is 2. The second kappa shape index (κ2) is 12.1. The number of para-hydroxylation sites is 1. The fourth-order valence-corrected chi connectivity index (χ4v) is 6.32. The number of fused-ring (bicyclic) bond motifs is 1. The van der Waals surface area contributed by atoms with E-state index in [1.54, 1.807) is 12.1 Å². The number of benzodiazepines with no additional fused rings is 1. The van der Waals surface area contributed by atoms with Gasteiger partial charge in [-0.15, -0.1) is 0 Å². The van der Waals surface area contributed by atoms with Crippen molar-refractivity contribution in [2.75, 3.05) is 18.9 Å². The Morgan fingerprint density at radius 2 is 1.63 bits per heavy atom. The van der Waals surface area contributed by atoms with E-state index in [2.05, 4.69) is 15.6 Å². The molecule has 0 spiro atoms. The van der Waals surface area contributed by atoms with Crippen LogP contribution >= 0.6 is 23.2 Å². The minimum atomic E-state index is -3.90. The van der Waals surface area contributed by atoms with Gasteiger partial charge in [-0.1, -0.05) is 77.8 Å². The zero-order chi connectivity index (χ0) is 27.3. The predicted molar refractivity (Wildman–Crippen MR) is 149 cm³/mol. The molecule has 1 heterocycles. The van der Waals surface area contributed by atoms with Gasteiger partial charge < -0.3 is 10.6 Å². The number of rotatable bonds is 9. The van der Waals surface area contributed by atoms with Crippen molar-refractivity contribution in [3.05, 3.63) is 94.0 Å². The lowest BCUT2D eigenvalue weighted by Gasteiger charge is -2.19. The molecule has 1 atom stereocenters. The number of carbonyl (C=O) groups is 2. The van der Waals surface area contributed by atoms with Crippen molar-refractivity contribution >= 4 is 56.4 Å². The summed E-state index contributed by atoms with van der Waals surface area (Å²) in [6.45, 7) is 0.159. The zero-order valence-electron chi connectivity index (χ0n) is 20.5. The van der Waals surface area contributed by atoms with E-state index in [4.69, 9.17) is 23.2 Å². The summed E-state index contributed by atoms with van der Waals surface area (Å²) in [5.74, 6) is -0.814. The highest BCUT2D eigenvalue weighted by Gasteiger charge is 2.28. The van der Waals surface area contributed by atoms with Crippen molar-refractivity contribution in [1.29, 1.82) is 0 Å².